The molecule has 1 aliphatic rings. The van der Waals surface area contributed by atoms with Crippen LogP contribution in [-0.2, 0) is 16.0 Å². The zero-order valence-electron chi connectivity index (χ0n) is 9.99. The Bertz CT molecular complexity index is 548. The fraction of sp³-hybridized carbons (Fsp3) is 0.200. The number of aryl methyl sites for hydroxylation is 2. The van der Waals surface area contributed by atoms with E-state index in [4.69, 9.17) is 0 Å². The minimum Gasteiger partial charge on any atom is -0.290 e. The Kier molecular flexibility index (Phi) is 3.05. The Hall–Kier alpha value is -1.96. The van der Waals surface area contributed by atoms with Crippen LogP contribution in [0.15, 0.2) is 42.0 Å². The SMILES string of the molecule is Cc1ccc(C)c(CC2=CC(=O)C=CC2=O)c1. The van der Waals surface area contributed by atoms with E-state index in [1.165, 1.54) is 18.2 Å². The van der Waals surface area contributed by atoms with Crippen LogP contribution in [0.2, 0.25) is 0 Å². The summed E-state index contributed by atoms with van der Waals surface area (Å²) in [5.74, 6) is -0.171. The maximum Gasteiger partial charge on any atom is 0.182 e. The molecule has 0 spiro atoms. The summed E-state index contributed by atoms with van der Waals surface area (Å²) in [5, 5.41) is 0. The molecule has 0 aliphatic heterocycles. The third-order valence-corrected chi connectivity index (χ3v) is 2.92. The highest BCUT2D eigenvalue weighted by molar-refractivity contribution is 6.17. The van der Waals surface area contributed by atoms with Gasteiger partial charge in [0, 0.05) is 12.0 Å². The molecule has 86 valence electrons. The summed E-state index contributed by atoms with van der Waals surface area (Å²) in [6.45, 7) is 4.03. The Labute approximate surface area is 101 Å². The summed E-state index contributed by atoms with van der Waals surface area (Å²) in [5.41, 5.74) is 3.99. The molecule has 0 fully saturated rings. The van der Waals surface area contributed by atoms with Crippen LogP contribution in [0.4, 0.5) is 0 Å². The molecule has 0 unspecified atom stereocenters. The lowest BCUT2D eigenvalue weighted by molar-refractivity contribution is -0.114. The van der Waals surface area contributed by atoms with Gasteiger partial charge in [0.05, 0.1) is 0 Å². The van der Waals surface area contributed by atoms with Gasteiger partial charge in [0.15, 0.2) is 11.6 Å². The maximum absolute atomic E-state index is 11.6. The topological polar surface area (TPSA) is 34.1 Å². The van der Waals surface area contributed by atoms with Gasteiger partial charge in [-0.2, -0.15) is 0 Å². The molecule has 0 bridgehead atoms. The molecule has 0 saturated carbocycles. The second-order valence-electron chi connectivity index (χ2n) is 4.38. The van der Waals surface area contributed by atoms with Crippen molar-refractivity contribution in [3.63, 3.8) is 0 Å². The Balaban J connectivity index is 2.29. The molecule has 2 nitrogen and oxygen atoms in total. The normalized spacial score (nSPS) is 15.1. The van der Waals surface area contributed by atoms with Gasteiger partial charge in [-0.25, -0.2) is 0 Å². The first-order valence-corrected chi connectivity index (χ1v) is 5.59. The van der Waals surface area contributed by atoms with Crippen LogP contribution in [-0.4, -0.2) is 11.6 Å². The number of rotatable bonds is 2. The molecule has 2 rings (SSSR count). The molecule has 0 radical (unpaired) electrons. The molecule has 17 heavy (non-hydrogen) atoms. The third-order valence-electron chi connectivity index (χ3n) is 2.92. The Morgan fingerprint density at radius 2 is 1.82 bits per heavy atom. The quantitative estimate of drug-likeness (QED) is 0.726. The van der Waals surface area contributed by atoms with Gasteiger partial charge in [-0.3, -0.25) is 9.59 Å². The fourth-order valence-electron chi connectivity index (χ4n) is 1.89. The summed E-state index contributed by atoms with van der Waals surface area (Å²) < 4.78 is 0. The van der Waals surface area contributed by atoms with Crippen molar-refractivity contribution in [2.24, 2.45) is 0 Å². The first-order chi connectivity index (χ1) is 8.06. The predicted molar refractivity (Wildman–Crippen MR) is 66.9 cm³/mol. The first-order valence-electron chi connectivity index (χ1n) is 5.59. The third kappa shape index (κ3) is 2.59. The second kappa shape index (κ2) is 4.50. The van der Waals surface area contributed by atoms with Crippen molar-refractivity contribution >= 4 is 11.6 Å². The Morgan fingerprint density at radius 3 is 2.59 bits per heavy atom. The van der Waals surface area contributed by atoms with Crippen LogP contribution in [0.3, 0.4) is 0 Å². The monoisotopic (exact) mass is 226 g/mol. The van der Waals surface area contributed by atoms with E-state index in [-0.39, 0.29) is 11.6 Å². The Morgan fingerprint density at radius 1 is 1.06 bits per heavy atom. The highest BCUT2D eigenvalue weighted by atomic mass is 16.1. The summed E-state index contributed by atoms with van der Waals surface area (Å²) in [6, 6.07) is 6.14. The maximum atomic E-state index is 11.6. The van der Waals surface area contributed by atoms with Gasteiger partial charge in [-0.1, -0.05) is 23.8 Å². The molecule has 0 amide bonds. The van der Waals surface area contributed by atoms with E-state index in [9.17, 15) is 9.59 Å². The standard InChI is InChI=1S/C15H14O2/c1-10-3-4-11(2)12(7-10)8-13-9-14(16)5-6-15(13)17/h3-7,9H,8H2,1-2H3. The summed E-state index contributed by atoms with van der Waals surface area (Å²) in [7, 11) is 0. The van der Waals surface area contributed by atoms with Crippen molar-refractivity contribution < 1.29 is 9.59 Å². The molecule has 0 heterocycles. The van der Waals surface area contributed by atoms with Gasteiger partial charge in [0.1, 0.15) is 0 Å². The van der Waals surface area contributed by atoms with Crippen molar-refractivity contribution in [2.45, 2.75) is 20.3 Å². The highest BCUT2D eigenvalue weighted by Gasteiger charge is 2.14. The number of benzene rings is 1. The number of ketones is 2. The van der Waals surface area contributed by atoms with Gasteiger partial charge in [0.2, 0.25) is 0 Å². The number of allylic oxidation sites excluding steroid dienone is 4. The van der Waals surface area contributed by atoms with Crippen molar-refractivity contribution in [3.05, 3.63) is 58.7 Å². The molecule has 1 aromatic rings. The van der Waals surface area contributed by atoms with Crippen LogP contribution in [0, 0.1) is 13.8 Å². The van der Waals surface area contributed by atoms with Crippen LogP contribution in [0.25, 0.3) is 0 Å². The number of hydrogen-bond donors (Lipinski definition) is 0. The van der Waals surface area contributed by atoms with Gasteiger partial charge in [0.25, 0.3) is 0 Å². The molecule has 1 aliphatic carbocycles. The van der Waals surface area contributed by atoms with Crippen LogP contribution in [0.5, 0.6) is 0 Å². The molecule has 0 aromatic heterocycles. The highest BCUT2D eigenvalue weighted by Crippen LogP contribution is 2.17. The van der Waals surface area contributed by atoms with Gasteiger partial charge < -0.3 is 0 Å². The van der Waals surface area contributed by atoms with Crippen LogP contribution >= 0.6 is 0 Å². The number of carbonyl (C=O) groups excluding carboxylic acids is 2. The van der Waals surface area contributed by atoms with Crippen molar-refractivity contribution in [1.82, 2.24) is 0 Å². The lowest BCUT2D eigenvalue weighted by atomic mass is 9.93. The number of hydrogen-bond acceptors (Lipinski definition) is 2. The largest absolute Gasteiger partial charge is 0.290 e. The molecule has 0 atom stereocenters. The molecule has 2 heteroatoms. The van der Waals surface area contributed by atoms with Gasteiger partial charge >= 0.3 is 0 Å². The number of carbonyl (C=O) groups is 2. The smallest absolute Gasteiger partial charge is 0.182 e. The van der Waals surface area contributed by atoms with E-state index in [2.05, 4.69) is 6.07 Å². The summed E-state index contributed by atoms with van der Waals surface area (Å²) >= 11 is 0. The average Bonchev–Trinajstić information content (AvgIpc) is 2.28. The lowest BCUT2D eigenvalue weighted by Crippen LogP contribution is -2.10. The summed E-state index contributed by atoms with van der Waals surface area (Å²) in [6.07, 6.45) is 4.63. The van der Waals surface area contributed by atoms with E-state index in [0.717, 1.165) is 16.7 Å². The van der Waals surface area contributed by atoms with Crippen molar-refractivity contribution in [2.75, 3.05) is 0 Å². The average molecular weight is 226 g/mol. The minimum atomic E-state index is -0.107. The van der Waals surface area contributed by atoms with E-state index >= 15 is 0 Å². The zero-order valence-corrected chi connectivity index (χ0v) is 9.99. The molecule has 0 saturated heterocycles. The van der Waals surface area contributed by atoms with E-state index in [1.54, 1.807) is 0 Å². The van der Waals surface area contributed by atoms with Crippen molar-refractivity contribution in [3.8, 4) is 0 Å². The first kappa shape index (κ1) is 11.5. The van der Waals surface area contributed by atoms with Gasteiger partial charge in [-0.15, -0.1) is 0 Å². The lowest BCUT2D eigenvalue weighted by Gasteiger charge is -2.10. The van der Waals surface area contributed by atoms with Gasteiger partial charge in [-0.05, 0) is 43.2 Å². The van der Waals surface area contributed by atoms with E-state index in [1.807, 2.05) is 26.0 Å². The molecule has 0 N–H and O–H groups in total. The summed E-state index contributed by atoms with van der Waals surface area (Å²) in [4.78, 5) is 22.9. The van der Waals surface area contributed by atoms with Crippen LogP contribution < -0.4 is 0 Å². The molecule has 1 aromatic carbocycles. The zero-order chi connectivity index (χ0) is 12.4. The van der Waals surface area contributed by atoms with E-state index in [0.29, 0.717) is 12.0 Å². The fourth-order valence-corrected chi connectivity index (χ4v) is 1.89. The second-order valence-corrected chi connectivity index (χ2v) is 4.38. The van der Waals surface area contributed by atoms with Crippen molar-refractivity contribution in [1.29, 1.82) is 0 Å². The molecular weight excluding hydrogens is 212 g/mol. The van der Waals surface area contributed by atoms with Crippen LogP contribution in [0.1, 0.15) is 16.7 Å². The molecular formula is C15H14O2. The van der Waals surface area contributed by atoms with E-state index < -0.39 is 0 Å². The predicted octanol–water partition coefficient (Wildman–Crippen LogP) is 2.48. The minimum absolute atomic E-state index is 0.0643.